The van der Waals surface area contributed by atoms with Gasteiger partial charge in [-0.2, -0.15) is 0 Å². The zero-order valence-electron chi connectivity index (χ0n) is 22.1. The lowest BCUT2D eigenvalue weighted by atomic mass is 9.79. The number of carbonyl (C=O) groups excluding carboxylic acids is 3. The number of benzene rings is 3. The number of esters is 2. The second-order valence-corrected chi connectivity index (χ2v) is 8.89. The van der Waals surface area contributed by atoms with Gasteiger partial charge in [0.25, 0.3) is 11.6 Å². The Hall–Kier alpha value is -4.79. The van der Waals surface area contributed by atoms with E-state index >= 15 is 0 Å². The number of rotatable bonds is 7. The summed E-state index contributed by atoms with van der Waals surface area (Å²) in [4.78, 5) is 53.3. The Morgan fingerprint density at radius 2 is 1.41 bits per heavy atom. The zero-order chi connectivity index (χ0) is 28.3. The minimum atomic E-state index is -1.06. The van der Waals surface area contributed by atoms with Crippen LogP contribution in [0.3, 0.4) is 0 Å². The number of ether oxygens (including phenoxy) is 2. The minimum absolute atomic E-state index is 0.0274. The standard InChI is InChI=1S/C30H28N2O7/c1-5-38-29(34)25-18(3)31(28(33)24-16-10-12-20-11-7-8-15-23(20)24)19(4)26(30(35)39-6-2)27(25)21-13-9-14-22(17-21)32(36)37/h7-17,27H,5-6H2,1-4H3. The predicted octanol–water partition coefficient (Wildman–Crippen LogP) is 5.66. The van der Waals surface area contributed by atoms with E-state index in [1.807, 2.05) is 30.3 Å². The van der Waals surface area contributed by atoms with Crippen molar-refractivity contribution in [3.8, 4) is 0 Å². The molecular formula is C30H28N2O7. The van der Waals surface area contributed by atoms with Crippen molar-refractivity contribution in [1.82, 2.24) is 4.90 Å². The molecule has 1 amide bonds. The minimum Gasteiger partial charge on any atom is -0.463 e. The van der Waals surface area contributed by atoms with E-state index < -0.39 is 28.7 Å². The van der Waals surface area contributed by atoms with E-state index in [1.54, 1.807) is 45.9 Å². The highest BCUT2D eigenvalue weighted by atomic mass is 16.6. The molecule has 0 aromatic heterocycles. The molecule has 0 atom stereocenters. The van der Waals surface area contributed by atoms with Crippen molar-refractivity contribution in [3.05, 3.63) is 111 Å². The number of amides is 1. The fourth-order valence-corrected chi connectivity index (χ4v) is 4.99. The summed E-state index contributed by atoms with van der Waals surface area (Å²) < 4.78 is 10.7. The van der Waals surface area contributed by atoms with Gasteiger partial charge in [0, 0.05) is 29.1 Å². The van der Waals surface area contributed by atoms with E-state index in [-0.39, 0.29) is 41.4 Å². The van der Waals surface area contributed by atoms with Gasteiger partial charge in [-0.15, -0.1) is 0 Å². The van der Waals surface area contributed by atoms with Gasteiger partial charge in [-0.1, -0.05) is 48.5 Å². The molecule has 0 saturated carbocycles. The fraction of sp³-hybridized carbons (Fsp3) is 0.233. The second kappa shape index (κ2) is 11.3. The molecule has 9 nitrogen and oxygen atoms in total. The molecule has 39 heavy (non-hydrogen) atoms. The number of hydrogen-bond donors (Lipinski definition) is 0. The molecule has 3 aromatic rings. The number of non-ortho nitro benzene ring substituents is 1. The average molecular weight is 529 g/mol. The Labute approximate surface area is 225 Å². The van der Waals surface area contributed by atoms with Gasteiger partial charge in [-0.3, -0.25) is 19.8 Å². The summed E-state index contributed by atoms with van der Waals surface area (Å²) in [5, 5.41) is 13.1. The van der Waals surface area contributed by atoms with Crippen molar-refractivity contribution >= 4 is 34.3 Å². The van der Waals surface area contributed by atoms with Crippen molar-refractivity contribution in [2.45, 2.75) is 33.6 Å². The average Bonchev–Trinajstić information content (AvgIpc) is 2.92. The molecule has 0 saturated heterocycles. The molecule has 0 N–H and O–H groups in total. The molecule has 0 unspecified atom stereocenters. The van der Waals surface area contributed by atoms with Crippen molar-refractivity contribution in [1.29, 1.82) is 0 Å². The molecule has 1 aliphatic rings. The third-order valence-electron chi connectivity index (χ3n) is 6.66. The fourth-order valence-electron chi connectivity index (χ4n) is 4.99. The largest absolute Gasteiger partial charge is 0.463 e. The maximum absolute atomic E-state index is 14.1. The number of hydrogen-bond acceptors (Lipinski definition) is 7. The van der Waals surface area contributed by atoms with Crippen LogP contribution in [0.15, 0.2) is 89.3 Å². The first-order valence-corrected chi connectivity index (χ1v) is 12.5. The maximum atomic E-state index is 14.1. The number of nitro benzene ring substituents is 1. The summed E-state index contributed by atoms with van der Waals surface area (Å²) in [7, 11) is 0. The molecule has 3 aromatic carbocycles. The highest BCUT2D eigenvalue weighted by molar-refractivity contribution is 6.10. The highest BCUT2D eigenvalue weighted by Gasteiger charge is 2.43. The first-order valence-electron chi connectivity index (χ1n) is 12.5. The lowest BCUT2D eigenvalue weighted by Gasteiger charge is -2.36. The summed E-state index contributed by atoms with van der Waals surface area (Å²) in [6, 6.07) is 18.5. The Morgan fingerprint density at radius 3 is 2.00 bits per heavy atom. The molecule has 0 fully saturated rings. The van der Waals surface area contributed by atoms with Crippen LogP contribution in [-0.2, 0) is 19.1 Å². The van der Waals surface area contributed by atoms with Gasteiger partial charge in [0.2, 0.25) is 0 Å². The Morgan fingerprint density at radius 1 is 0.846 bits per heavy atom. The molecule has 200 valence electrons. The van der Waals surface area contributed by atoms with Gasteiger partial charge in [0.15, 0.2) is 0 Å². The number of fused-ring (bicyclic) bond motifs is 1. The van der Waals surface area contributed by atoms with Gasteiger partial charge in [-0.25, -0.2) is 9.59 Å². The smallest absolute Gasteiger partial charge is 0.336 e. The van der Waals surface area contributed by atoms with Crippen LogP contribution in [-0.4, -0.2) is 40.9 Å². The molecule has 0 aliphatic carbocycles. The molecule has 0 spiro atoms. The number of carbonyl (C=O) groups is 3. The molecule has 9 heteroatoms. The molecule has 0 bridgehead atoms. The van der Waals surface area contributed by atoms with Crippen molar-refractivity contribution < 1.29 is 28.8 Å². The second-order valence-electron chi connectivity index (χ2n) is 8.89. The normalized spacial score (nSPS) is 14.0. The number of nitro groups is 1. The lowest BCUT2D eigenvalue weighted by molar-refractivity contribution is -0.384. The maximum Gasteiger partial charge on any atom is 0.336 e. The Balaban J connectivity index is 2.01. The SMILES string of the molecule is CCOC(=O)C1=C(C)N(C(=O)c2cccc3ccccc23)C(C)=C(C(=O)OCC)C1c1cccc([N+](=O)[O-])c1. The van der Waals surface area contributed by atoms with Crippen LogP contribution in [0.5, 0.6) is 0 Å². The van der Waals surface area contributed by atoms with E-state index in [1.165, 1.54) is 23.1 Å². The predicted molar refractivity (Wildman–Crippen MR) is 145 cm³/mol. The third kappa shape index (κ3) is 5.03. The van der Waals surface area contributed by atoms with E-state index in [0.717, 1.165) is 5.39 Å². The van der Waals surface area contributed by atoms with E-state index in [9.17, 15) is 24.5 Å². The number of allylic oxidation sites excluding steroid dienone is 2. The van der Waals surface area contributed by atoms with E-state index in [2.05, 4.69) is 0 Å². The van der Waals surface area contributed by atoms with E-state index in [4.69, 9.17) is 9.47 Å². The summed E-state index contributed by atoms with van der Waals surface area (Å²) >= 11 is 0. The van der Waals surface area contributed by atoms with Crippen LogP contribution in [0.2, 0.25) is 0 Å². The molecule has 0 radical (unpaired) electrons. The summed E-state index contributed by atoms with van der Waals surface area (Å²) in [6.45, 7) is 6.59. The Bertz CT molecular complexity index is 1510. The lowest BCUT2D eigenvalue weighted by Crippen LogP contribution is -2.38. The van der Waals surface area contributed by atoms with E-state index in [0.29, 0.717) is 16.5 Å². The van der Waals surface area contributed by atoms with Crippen LogP contribution in [0.25, 0.3) is 10.8 Å². The van der Waals surface area contributed by atoms with Crippen LogP contribution in [0, 0.1) is 10.1 Å². The third-order valence-corrected chi connectivity index (χ3v) is 6.66. The molecule has 1 aliphatic heterocycles. The quantitative estimate of drug-likeness (QED) is 0.221. The van der Waals surface area contributed by atoms with Crippen LogP contribution >= 0.6 is 0 Å². The Kier molecular flexibility index (Phi) is 7.90. The number of nitrogens with zero attached hydrogens (tertiary/aromatic N) is 2. The van der Waals surface area contributed by atoms with Gasteiger partial charge in [-0.05, 0) is 50.1 Å². The van der Waals surface area contributed by atoms with Crippen molar-refractivity contribution in [2.24, 2.45) is 0 Å². The summed E-state index contributed by atoms with van der Waals surface area (Å²) in [5.74, 6) is -2.98. The molecular weight excluding hydrogens is 500 g/mol. The molecule has 1 heterocycles. The monoisotopic (exact) mass is 528 g/mol. The molecule has 4 rings (SSSR count). The highest BCUT2D eigenvalue weighted by Crippen LogP contribution is 2.44. The van der Waals surface area contributed by atoms with Crippen molar-refractivity contribution in [2.75, 3.05) is 13.2 Å². The van der Waals surface area contributed by atoms with Crippen LogP contribution in [0.1, 0.15) is 49.5 Å². The first kappa shape index (κ1) is 27.3. The van der Waals surface area contributed by atoms with Gasteiger partial charge >= 0.3 is 11.9 Å². The van der Waals surface area contributed by atoms with Gasteiger partial charge in [0.1, 0.15) is 0 Å². The zero-order valence-corrected chi connectivity index (χ0v) is 22.1. The summed E-state index contributed by atoms with van der Waals surface area (Å²) in [6.07, 6.45) is 0. The van der Waals surface area contributed by atoms with Crippen LogP contribution < -0.4 is 0 Å². The van der Waals surface area contributed by atoms with Gasteiger partial charge in [0.05, 0.1) is 35.2 Å². The van der Waals surface area contributed by atoms with Gasteiger partial charge < -0.3 is 9.47 Å². The topological polar surface area (TPSA) is 116 Å². The van der Waals surface area contributed by atoms with Crippen molar-refractivity contribution in [3.63, 3.8) is 0 Å². The first-order chi connectivity index (χ1) is 18.7. The van der Waals surface area contributed by atoms with Crippen LogP contribution in [0.4, 0.5) is 5.69 Å². The summed E-state index contributed by atoms with van der Waals surface area (Å²) in [5.41, 5.74) is 1.07.